The minimum Gasteiger partial charge on any atom is -0.484 e. The van der Waals surface area contributed by atoms with Gasteiger partial charge in [-0.15, -0.1) is 0 Å². The molecule has 3 aliphatic carbocycles. The van der Waals surface area contributed by atoms with Gasteiger partial charge in [-0.2, -0.15) is 0 Å². The predicted molar refractivity (Wildman–Crippen MR) is 124 cm³/mol. The Kier molecular flexibility index (Phi) is 6.75. The topological polar surface area (TPSA) is 76.7 Å². The summed E-state index contributed by atoms with van der Waals surface area (Å²) < 4.78 is 10.8. The van der Waals surface area contributed by atoms with E-state index < -0.39 is 6.09 Å². The minimum absolute atomic E-state index is 0.116. The van der Waals surface area contributed by atoms with E-state index in [4.69, 9.17) is 44.3 Å². The van der Waals surface area contributed by atoms with Gasteiger partial charge in [-0.1, -0.05) is 46.9 Å². The lowest BCUT2D eigenvalue weighted by atomic mass is 9.44. The van der Waals surface area contributed by atoms with Crippen molar-refractivity contribution in [2.24, 2.45) is 0 Å². The normalized spacial score (nSPS) is 22.8. The summed E-state index contributed by atoms with van der Waals surface area (Å²) in [5.74, 6) is 0.261. The fourth-order valence-electron chi connectivity index (χ4n) is 4.49. The van der Waals surface area contributed by atoms with Gasteiger partial charge in [0.2, 0.25) is 0 Å². The lowest BCUT2D eigenvalue weighted by Crippen LogP contribution is -2.84. The molecule has 9 heteroatoms. The molecule has 170 valence electrons. The lowest BCUT2D eigenvalue weighted by molar-refractivity contribution is -0.141. The number of hydrogen-bond acceptors (Lipinski definition) is 4. The van der Waals surface area contributed by atoms with Crippen LogP contribution in [0.1, 0.15) is 31.2 Å². The fraction of sp³-hybridized carbons (Fsp3) is 0.391. The Hall–Kier alpha value is -2.15. The summed E-state index contributed by atoms with van der Waals surface area (Å²) in [6, 6.07) is 12.5. The van der Waals surface area contributed by atoms with E-state index in [1.807, 2.05) is 24.3 Å². The maximum Gasteiger partial charge on any atom is 0.407 e. The van der Waals surface area contributed by atoms with Crippen molar-refractivity contribution in [2.75, 3.05) is 13.2 Å². The number of carbonyl (C=O) groups is 2. The molecule has 2 aromatic rings. The summed E-state index contributed by atoms with van der Waals surface area (Å²) in [4.78, 5) is 24.3. The Morgan fingerprint density at radius 2 is 1.69 bits per heavy atom. The van der Waals surface area contributed by atoms with Crippen molar-refractivity contribution in [1.29, 1.82) is 0 Å². The molecule has 32 heavy (non-hydrogen) atoms. The molecule has 0 saturated heterocycles. The van der Waals surface area contributed by atoms with Crippen LogP contribution < -0.4 is 15.4 Å². The second-order valence-corrected chi connectivity index (χ2v) is 9.75. The zero-order valence-electron chi connectivity index (χ0n) is 17.3. The number of hydrogen-bond donors (Lipinski definition) is 2. The standard InChI is InChI=1S/C23H23Cl3N2O4/c24-16-5-1-3-15(9-16)4-2-8-31-21(30)28-23-12-22(13-23,14-23)27-20(29)11-32-17-6-7-18(25)19(26)10-17/h1,3,5-7,9-10H,2,4,8,11-14H2,(H,27,29)(H,28,30). The third-order valence-electron chi connectivity index (χ3n) is 5.80. The molecule has 3 saturated carbocycles. The van der Waals surface area contributed by atoms with Crippen LogP contribution in [-0.2, 0) is 16.0 Å². The highest BCUT2D eigenvalue weighted by atomic mass is 35.5. The monoisotopic (exact) mass is 496 g/mol. The number of nitrogens with one attached hydrogen (secondary N) is 2. The molecule has 2 amide bonds. The molecule has 0 atom stereocenters. The molecule has 0 unspecified atom stereocenters. The fourth-order valence-corrected chi connectivity index (χ4v) is 4.99. The van der Waals surface area contributed by atoms with Crippen LogP contribution in [0.2, 0.25) is 15.1 Å². The van der Waals surface area contributed by atoms with E-state index in [0.717, 1.165) is 18.4 Å². The maximum atomic E-state index is 12.2. The van der Waals surface area contributed by atoms with Crippen molar-refractivity contribution in [3.8, 4) is 5.75 Å². The first-order valence-electron chi connectivity index (χ1n) is 10.3. The zero-order valence-corrected chi connectivity index (χ0v) is 19.5. The minimum atomic E-state index is -0.418. The van der Waals surface area contributed by atoms with Gasteiger partial charge in [0.25, 0.3) is 5.91 Å². The lowest BCUT2D eigenvalue weighted by Gasteiger charge is -2.70. The number of amides is 2. The molecule has 0 aliphatic heterocycles. The summed E-state index contributed by atoms with van der Waals surface area (Å²) in [6.07, 6.45) is 3.17. The summed E-state index contributed by atoms with van der Waals surface area (Å²) in [5.41, 5.74) is 0.571. The highest BCUT2D eigenvalue weighted by molar-refractivity contribution is 6.42. The second-order valence-electron chi connectivity index (χ2n) is 8.50. The van der Waals surface area contributed by atoms with Crippen LogP contribution in [0.5, 0.6) is 5.75 Å². The van der Waals surface area contributed by atoms with Gasteiger partial charge in [-0.25, -0.2) is 4.79 Å². The Labute approximate surface area is 201 Å². The summed E-state index contributed by atoms with van der Waals surface area (Å²) in [5, 5.41) is 7.44. The molecule has 6 nitrogen and oxygen atoms in total. The number of alkyl carbamates (subject to hydrolysis) is 1. The van der Waals surface area contributed by atoms with Crippen LogP contribution in [0, 0.1) is 0 Å². The van der Waals surface area contributed by atoms with Gasteiger partial charge in [-0.3, -0.25) is 4.79 Å². The second kappa shape index (κ2) is 9.38. The van der Waals surface area contributed by atoms with Crippen molar-refractivity contribution < 1.29 is 19.1 Å². The number of benzene rings is 2. The molecule has 0 spiro atoms. The highest BCUT2D eigenvalue weighted by Gasteiger charge is 2.69. The van der Waals surface area contributed by atoms with Crippen molar-refractivity contribution in [1.82, 2.24) is 10.6 Å². The molecule has 5 rings (SSSR count). The molecular weight excluding hydrogens is 475 g/mol. The smallest absolute Gasteiger partial charge is 0.407 e. The van der Waals surface area contributed by atoms with Crippen LogP contribution in [0.3, 0.4) is 0 Å². The van der Waals surface area contributed by atoms with Crippen LogP contribution in [0.15, 0.2) is 42.5 Å². The SMILES string of the molecule is O=C(COc1ccc(Cl)c(Cl)c1)NC12CC(NC(=O)OCCCc3cccc(Cl)c3)(C1)C2. The zero-order chi connectivity index (χ0) is 22.8. The van der Waals surface area contributed by atoms with Crippen LogP contribution in [0.4, 0.5) is 4.79 Å². The molecule has 3 fully saturated rings. The first kappa shape index (κ1) is 23.0. The van der Waals surface area contributed by atoms with Crippen LogP contribution in [0.25, 0.3) is 0 Å². The first-order valence-corrected chi connectivity index (χ1v) is 11.5. The van der Waals surface area contributed by atoms with E-state index >= 15 is 0 Å². The predicted octanol–water partition coefficient (Wildman–Crippen LogP) is 5.18. The molecule has 0 aromatic heterocycles. The summed E-state index contributed by atoms with van der Waals surface area (Å²) >= 11 is 17.8. The quantitative estimate of drug-likeness (QED) is 0.468. The Balaban J connectivity index is 1.11. The maximum absolute atomic E-state index is 12.2. The van der Waals surface area contributed by atoms with Gasteiger partial charge in [0.05, 0.1) is 22.2 Å². The molecule has 2 aromatic carbocycles. The number of ether oxygens (including phenoxy) is 2. The van der Waals surface area contributed by atoms with Gasteiger partial charge in [0.15, 0.2) is 6.61 Å². The molecule has 3 aliphatic rings. The largest absolute Gasteiger partial charge is 0.484 e. The van der Waals surface area contributed by atoms with E-state index in [1.54, 1.807) is 18.2 Å². The third-order valence-corrected chi connectivity index (χ3v) is 6.77. The van der Waals surface area contributed by atoms with E-state index in [1.165, 1.54) is 0 Å². The highest BCUT2D eigenvalue weighted by Crippen LogP contribution is 2.60. The molecule has 0 radical (unpaired) electrons. The average molecular weight is 498 g/mol. The average Bonchev–Trinajstić information content (AvgIpc) is 2.70. The Morgan fingerprint density at radius 1 is 0.938 bits per heavy atom. The number of aryl methyl sites for hydroxylation is 1. The van der Waals surface area contributed by atoms with E-state index in [9.17, 15) is 9.59 Å². The number of carbonyl (C=O) groups excluding carboxylic acids is 2. The van der Waals surface area contributed by atoms with Crippen molar-refractivity contribution in [2.45, 2.75) is 43.2 Å². The van der Waals surface area contributed by atoms with Gasteiger partial charge in [-0.05, 0) is 61.9 Å². The third kappa shape index (κ3) is 5.42. The van der Waals surface area contributed by atoms with Gasteiger partial charge in [0, 0.05) is 16.6 Å². The molecule has 2 N–H and O–H groups in total. The summed E-state index contributed by atoms with van der Waals surface area (Å²) in [7, 11) is 0. The van der Waals surface area contributed by atoms with Crippen molar-refractivity contribution in [3.05, 3.63) is 63.1 Å². The van der Waals surface area contributed by atoms with Gasteiger partial charge in [0.1, 0.15) is 5.75 Å². The van der Waals surface area contributed by atoms with Gasteiger partial charge >= 0.3 is 6.09 Å². The van der Waals surface area contributed by atoms with Crippen molar-refractivity contribution >= 4 is 46.8 Å². The van der Waals surface area contributed by atoms with Crippen LogP contribution in [-0.4, -0.2) is 36.3 Å². The van der Waals surface area contributed by atoms with Crippen LogP contribution >= 0.6 is 34.8 Å². The molecular formula is C23H23Cl3N2O4. The van der Waals surface area contributed by atoms with E-state index in [-0.39, 0.29) is 23.6 Å². The first-order chi connectivity index (χ1) is 15.3. The van der Waals surface area contributed by atoms with Gasteiger partial charge < -0.3 is 20.1 Å². The molecule has 2 bridgehead atoms. The van der Waals surface area contributed by atoms with E-state index in [2.05, 4.69) is 10.6 Å². The number of rotatable bonds is 9. The number of halogens is 3. The van der Waals surface area contributed by atoms with Crippen molar-refractivity contribution in [3.63, 3.8) is 0 Å². The molecule has 0 heterocycles. The Morgan fingerprint density at radius 3 is 2.41 bits per heavy atom. The Bertz CT molecular complexity index is 1010. The summed E-state index contributed by atoms with van der Waals surface area (Å²) in [6.45, 7) is 0.219. The van der Waals surface area contributed by atoms with E-state index in [0.29, 0.717) is 46.7 Å².